The summed E-state index contributed by atoms with van der Waals surface area (Å²) in [6.45, 7) is 1.06. The number of nitrogens with zero attached hydrogens (tertiary/aromatic N) is 3. The molecule has 4 aromatic rings. The highest BCUT2D eigenvalue weighted by atomic mass is 19.4. The van der Waals surface area contributed by atoms with Crippen LogP contribution in [0.15, 0.2) is 59.0 Å². The van der Waals surface area contributed by atoms with E-state index in [4.69, 9.17) is 4.42 Å². The second-order valence-corrected chi connectivity index (χ2v) is 7.88. The first kappa shape index (κ1) is 20.3. The van der Waals surface area contributed by atoms with Crippen LogP contribution in [0.25, 0.3) is 22.4 Å². The molecule has 9 heteroatoms. The minimum atomic E-state index is -4.40. The Labute approximate surface area is 181 Å². The van der Waals surface area contributed by atoms with Gasteiger partial charge in [-0.05, 0) is 49.2 Å². The molecule has 0 spiro atoms. The molecule has 3 heterocycles. The Morgan fingerprint density at radius 1 is 1.09 bits per heavy atom. The number of carbonyl (C=O) groups is 1. The maximum atomic E-state index is 13.0. The van der Waals surface area contributed by atoms with E-state index in [1.165, 1.54) is 12.1 Å². The Balaban J connectivity index is 1.31. The quantitative estimate of drug-likeness (QED) is 0.472. The Bertz CT molecular complexity index is 1230. The smallest absolute Gasteiger partial charge is 0.416 e. The summed E-state index contributed by atoms with van der Waals surface area (Å²) < 4.78 is 44.1. The number of alkyl halides is 3. The van der Waals surface area contributed by atoms with Gasteiger partial charge in [0.25, 0.3) is 5.91 Å². The Kier molecular flexibility index (Phi) is 4.96. The lowest BCUT2D eigenvalue weighted by Crippen LogP contribution is -2.39. The number of aromatic amines is 1. The van der Waals surface area contributed by atoms with Crippen LogP contribution in [-0.2, 0) is 6.18 Å². The summed E-state index contributed by atoms with van der Waals surface area (Å²) in [7, 11) is 0. The summed E-state index contributed by atoms with van der Waals surface area (Å²) >= 11 is 0. The predicted molar refractivity (Wildman–Crippen MR) is 111 cm³/mol. The van der Waals surface area contributed by atoms with E-state index >= 15 is 0 Å². The molecule has 0 bridgehead atoms. The maximum absolute atomic E-state index is 13.0. The third-order valence-electron chi connectivity index (χ3n) is 5.72. The minimum Gasteiger partial charge on any atom is -0.420 e. The van der Waals surface area contributed by atoms with Gasteiger partial charge < -0.3 is 14.3 Å². The fourth-order valence-corrected chi connectivity index (χ4v) is 4.04. The van der Waals surface area contributed by atoms with Crippen molar-refractivity contribution in [2.75, 3.05) is 13.1 Å². The molecular formula is C23H19F3N4O2. The lowest BCUT2D eigenvalue weighted by Gasteiger charge is -2.30. The number of amides is 1. The van der Waals surface area contributed by atoms with Crippen LogP contribution in [0, 0.1) is 0 Å². The molecule has 2 aromatic heterocycles. The number of piperidine rings is 1. The zero-order chi connectivity index (χ0) is 22.3. The van der Waals surface area contributed by atoms with Crippen molar-refractivity contribution in [3.8, 4) is 11.5 Å². The van der Waals surface area contributed by atoms with E-state index in [1.54, 1.807) is 4.90 Å². The van der Waals surface area contributed by atoms with Crippen LogP contribution in [0.5, 0.6) is 0 Å². The molecule has 1 unspecified atom stereocenters. The molecule has 5 rings (SSSR count). The van der Waals surface area contributed by atoms with Crippen molar-refractivity contribution in [2.24, 2.45) is 0 Å². The average Bonchev–Trinajstić information content (AvgIpc) is 3.46. The van der Waals surface area contributed by atoms with Gasteiger partial charge in [0, 0.05) is 29.6 Å². The van der Waals surface area contributed by atoms with Gasteiger partial charge in [-0.25, -0.2) is 0 Å². The highest BCUT2D eigenvalue weighted by Crippen LogP contribution is 2.32. The molecule has 1 aliphatic heterocycles. The summed E-state index contributed by atoms with van der Waals surface area (Å²) in [5, 5.41) is 9.08. The number of carbonyl (C=O) groups excluding carboxylic acids is 1. The van der Waals surface area contributed by atoms with E-state index in [0.717, 1.165) is 35.9 Å². The molecule has 2 aromatic carbocycles. The zero-order valence-corrected chi connectivity index (χ0v) is 16.9. The number of benzene rings is 2. The standard InChI is InChI=1S/C23H19F3N4O2/c24-23(25,26)17-9-7-14(8-10-17)20-28-29-21(32-20)16-5-3-11-30(13-16)22(31)19-12-15-4-1-2-6-18(15)27-19/h1-2,4,6-10,12,16,27H,3,5,11,13H2. The van der Waals surface area contributed by atoms with Gasteiger partial charge in [0.05, 0.1) is 11.5 Å². The van der Waals surface area contributed by atoms with Crippen molar-refractivity contribution in [1.82, 2.24) is 20.1 Å². The van der Waals surface area contributed by atoms with Crippen LogP contribution in [-0.4, -0.2) is 39.1 Å². The average molecular weight is 440 g/mol. The number of hydrogen-bond donors (Lipinski definition) is 1. The highest BCUT2D eigenvalue weighted by Gasteiger charge is 2.31. The molecule has 32 heavy (non-hydrogen) atoms. The van der Waals surface area contributed by atoms with Gasteiger partial charge in [-0.2, -0.15) is 13.2 Å². The highest BCUT2D eigenvalue weighted by molar-refractivity contribution is 5.98. The van der Waals surface area contributed by atoms with Gasteiger partial charge >= 0.3 is 6.18 Å². The molecule has 1 saturated heterocycles. The van der Waals surface area contributed by atoms with Crippen molar-refractivity contribution >= 4 is 16.8 Å². The first-order valence-corrected chi connectivity index (χ1v) is 10.3. The van der Waals surface area contributed by atoms with Gasteiger partial charge in [0.15, 0.2) is 0 Å². The van der Waals surface area contributed by atoms with Crippen molar-refractivity contribution < 1.29 is 22.4 Å². The monoisotopic (exact) mass is 440 g/mol. The van der Waals surface area contributed by atoms with Crippen LogP contribution in [0.1, 0.15) is 40.7 Å². The number of H-pyrrole nitrogens is 1. The van der Waals surface area contributed by atoms with Crippen LogP contribution in [0.3, 0.4) is 0 Å². The summed E-state index contributed by atoms with van der Waals surface area (Å²) in [6.07, 6.45) is -2.83. The molecule has 164 valence electrons. The minimum absolute atomic E-state index is 0.0895. The van der Waals surface area contributed by atoms with Gasteiger partial charge in [0.2, 0.25) is 11.8 Å². The third kappa shape index (κ3) is 3.86. The number of para-hydroxylation sites is 1. The number of fused-ring (bicyclic) bond motifs is 1. The van der Waals surface area contributed by atoms with E-state index in [0.29, 0.717) is 30.2 Å². The zero-order valence-electron chi connectivity index (χ0n) is 16.9. The molecule has 1 atom stereocenters. The summed E-state index contributed by atoms with van der Waals surface area (Å²) in [5.74, 6) is 0.322. The van der Waals surface area contributed by atoms with E-state index < -0.39 is 11.7 Å². The van der Waals surface area contributed by atoms with Crippen molar-refractivity contribution in [3.63, 3.8) is 0 Å². The van der Waals surface area contributed by atoms with E-state index in [9.17, 15) is 18.0 Å². The van der Waals surface area contributed by atoms with E-state index in [-0.39, 0.29) is 17.7 Å². The number of likely N-dealkylation sites (tertiary alicyclic amines) is 1. The summed E-state index contributed by atoms with van der Waals surface area (Å²) in [5.41, 5.74) is 1.11. The second-order valence-electron chi connectivity index (χ2n) is 7.88. The Morgan fingerprint density at radius 2 is 1.88 bits per heavy atom. The number of aromatic nitrogens is 3. The lowest BCUT2D eigenvalue weighted by molar-refractivity contribution is -0.137. The fraction of sp³-hybridized carbons (Fsp3) is 0.261. The first-order valence-electron chi connectivity index (χ1n) is 10.3. The Hall–Kier alpha value is -3.62. The van der Waals surface area contributed by atoms with Crippen molar-refractivity contribution in [1.29, 1.82) is 0 Å². The molecule has 0 saturated carbocycles. The summed E-state index contributed by atoms with van der Waals surface area (Å²) in [4.78, 5) is 18.0. The van der Waals surface area contributed by atoms with Crippen LogP contribution < -0.4 is 0 Å². The van der Waals surface area contributed by atoms with Crippen molar-refractivity contribution in [2.45, 2.75) is 24.9 Å². The molecule has 1 N–H and O–H groups in total. The maximum Gasteiger partial charge on any atom is 0.416 e. The van der Waals surface area contributed by atoms with Gasteiger partial charge in [0.1, 0.15) is 5.69 Å². The van der Waals surface area contributed by atoms with Crippen LogP contribution in [0.2, 0.25) is 0 Å². The molecule has 1 fully saturated rings. The van der Waals surface area contributed by atoms with Gasteiger partial charge in [-0.3, -0.25) is 4.79 Å². The molecule has 0 aliphatic carbocycles. The van der Waals surface area contributed by atoms with Gasteiger partial charge in [-0.1, -0.05) is 18.2 Å². The molecule has 6 nitrogen and oxygen atoms in total. The molecular weight excluding hydrogens is 421 g/mol. The summed E-state index contributed by atoms with van der Waals surface area (Å²) in [6, 6.07) is 14.1. The fourth-order valence-electron chi connectivity index (χ4n) is 4.04. The number of halogens is 3. The topological polar surface area (TPSA) is 75.0 Å². The first-order chi connectivity index (χ1) is 15.4. The third-order valence-corrected chi connectivity index (χ3v) is 5.72. The van der Waals surface area contributed by atoms with Crippen LogP contribution >= 0.6 is 0 Å². The number of rotatable bonds is 3. The van der Waals surface area contributed by atoms with Crippen LogP contribution in [0.4, 0.5) is 13.2 Å². The second kappa shape index (κ2) is 7.81. The lowest BCUT2D eigenvalue weighted by atomic mass is 9.98. The molecule has 1 amide bonds. The predicted octanol–water partition coefficient (Wildman–Crippen LogP) is 5.26. The number of nitrogens with one attached hydrogen (secondary N) is 1. The molecule has 1 aliphatic rings. The Morgan fingerprint density at radius 3 is 2.62 bits per heavy atom. The largest absolute Gasteiger partial charge is 0.420 e. The number of hydrogen-bond acceptors (Lipinski definition) is 4. The van der Waals surface area contributed by atoms with E-state index in [1.807, 2.05) is 30.3 Å². The molecule has 0 radical (unpaired) electrons. The SMILES string of the molecule is O=C(c1cc2ccccc2[nH]1)N1CCCC(c2nnc(-c3ccc(C(F)(F)F)cc3)o2)C1. The van der Waals surface area contributed by atoms with E-state index in [2.05, 4.69) is 15.2 Å². The van der Waals surface area contributed by atoms with Gasteiger partial charge in [-0.15, -0.1) is 10.2 Å². The van der Waals surface area contributed by atoms with Crippen molar-refractivity contribution in [3.05, 3.63) is 71.7 Å². The normalized spacial score (nSPS) is 17.1.